The van der Waals surface area contributed by atoms with Crippen LogP contribution >= 0.6 is 0 Å². The van der Waals surface area contributed by atoms with Gasteiger partial charge in [0.2, 0.25) is 0 Å². The summed E-state index contributed by atoms with van der Waals surface area (Å²) < 4.78 is 3.96. The van der Waals surface area contributed by atoms with Crippen molar-refractivity contribution in [3.8, 4) is 5.69 Å². The summed E-state index contributed by atoms with van der Waals surface area (Å²) in [5.74, 6) is -0.840. The number of para-hydroxylation sites is 2. The molecule has 0 unspecified atom stereocenters. The maximum absolute atomic E-state index is 13.3. The Bertz CT molecular complexity index is 1690. The van der Waals surface area contributed by atoms with Crippen molar-refractivity contribution in [3.63, 3.8) is 0 Å². The van der Waals surface area contributed by atoms with Gasteiger partial charge in [0, 0.05) is 47.2 Å². The van der Waals surface area contributed by atoms with Crippen LogP contribution in [0.1, 0.15) is 17.7 Å². The van der Waals surface area contributed by atoms with Gasteiger partial charge in [-0.3, -0.25) is 24.6 Å². The fraction of sp³-hybridized carbons (Fsp3) is 0.172. The van der Waals surface area contributed by atoms with E-state index >= 15 is 0 Å². The molecule has 0 saturated heterocycles. The Morgan fingerprint density at radius 2 is 1.51 bits per heavy atom. The van der Waals surface area contributed by atoms with E-state index in [1.807, 2.05) is 90.2 Å². The summed E-state index contributed by atoms with van der Waals surface area (Å²) in [6.45, 7) is 1.63. The predicted octanol–water partition coefficient (Wildman–Crippen LogP) is 3.89. The number of amides is 2. The number of fused-ring (bicyclic) bond motifs is 2. The molecule has 1 aliphatic rings. The van der Waals surface area contributed by atoms with Crippen molar-refractivity contribution < 1.29 is 9.59 Å². The second-order valence-corrected chi connectivity index (χ2v) is 9.41. The molecule has 6 rings (SSSR count). The van der Waals surface area contributed by atoms with Crippen molar-refractivity contribution >= 4 is 44.8 Å². The van der Waals surface area contributed by atoms with Gasteiger partial charge in [0.05, 0.1) is 22.2 Å². The fourth-order valence-electron chi connectivity index (χ4n) is 5.05. The summed E-state index contributed by atoms with van der Waals surface area (Å²) in [4.78, 5) is 32.8. The molecule has 0 fully saturated rings. The first-order valence-electron chi connectivity index (χ1n) is 12.2. The second kappa shape index (κ2) is 9.15. The average Bonchev–Trinajstić information content (AvgIpc) is 3.55. The highest BCUT2D eigenvalue weighted by Crippen LogP contribution is 2.38. The molecular weight excluding hydrogens is 464 g/mol. The zero-order chi connectivity index (χ0) is 25.5. The second-order valence-electron chi connectivity index (χ2n) is 9.41. The van der Waals surface area contributed by atoms with E-state index in [9.17, 15) is 9.59 Å². The van der Waals surface area contributed by atoms with Gasteiger partial charge in [-0.15, -0.1) is 0 Å². The van der Waals surface area contributed by atoms with Crippen molar-refractivity contribution in [3.05, 3.63) is 90.5 Å². The smallest absolute Gasteiger partial charge is 0.261 e. The van der Waals surface area contributed by atoms with Crippen LogP contribution in [-0.4, -0.2) is 56.7 Å². The molecule has 0 bridgehead atoms. The van der Waals surface area contributed by atoms with Crippen LogP contribution in [-0.2, 0) is 16.1 Å². The van der Waals surface area contributed by atoms with Crippen molar-refractivity contribution in [1.82, 2.24) is 29.5 Å². The summed E-state index contributed by atoms with van der Waals surface area (Å²) in [6, 6.07) is 19.6. The molecule has 5 aromatic rings. The molecule has 184 valence electrons. The minimum absolute atomic E-state index is 0.310. The van der Waals surface area contributed by atoms with E-state index in [1.54, 1.807) is 12.4 Å². The molecule has 0 atom stereocenters. The standard InChI is InChI=1S/C29H26N6O2/c1-33(2)16-7-17-35-24-11-6-4-9-21(24)27(32-35)26-25(28(36)31-29(26)37)22-18-34(19-12-14-30-15-13-19)23-10-5-3-8-20(22)23/h3-6,8-15,18H,7,16-17H2,1-2H3,(H,31,36,37). The van der Waals surface area contributed by atoms with E-state index in [-0.39, 0.29) is 0 Å². The summed E-state index contributed by atoms with van der Waals surface area (Å²) in [7, 11) is 4.08. The number of carbonyl (C=O) groups excluding carboxylic acids is 2. The van der Waals surface area contributed by atoms with Gasteiger partial charge in [0.25, 0.3) is 11.8 Å². The van der Waals surface area contributed by atoms with Gasteiger partial charge < -0.3 is 9.47 Å². The van der Waals surface area contributed by atoms with E-state index in [1.165, 1.54) is 0 Å². The third-order valence-electron chi connectivity index (χ3n) is 6.72. The summed E-state index contributed by atoms with van der Waals surface area (Å²) in [5, 5.41) is 9.15. The number of pyridine rings is 1. The van der Waals surface area contributed by atoms with E-state index in [0.29, 0.717) is 28.9 Å². The number of hydrogen-bond acceptors (Lipinski definition) is 5. The maximum Gasteiger partial charge on any atom is 0.261 e. The van der Waals surface area contributed by atoms with Crippen molar-refractivity contribution in [2.75, 3.05) is 20.6 Å². The third-order valence-corrected chi connectivity index (χ3v) is 6.72. The lowest BCUT2D eigenvalue weighted by Crippen LogP contribution is -2.22. The van der Waals surface area contributed by atoms with Crippen LogP contribution in [0.4, 0.5) is 0 Å². The maximum atomic E-state index is 13.3. The van der Waals surface area contributed by atoms with Crippen LogP contribution in [0.25, 0.3) is 38.6 Å². The van der Waals surface area contributed by atoms with Gasteiger partial charge in [-0.25, -0.2) is 0 Å². The Morgan fingerprint density at radius 3 is 2.27 bits per heavy atom. The fourth-order valence-corrected chi connectivity index (χ4v) is 5.05. The van der Waals surface area contributed by atoms with Crippen LogP contribution in [0, 0.1) is 0 Å². The van der Waals surface area contributed by atoms with Crippen LogP contribution in [0.5, 0.6) is 0 Å². The molecule has 0 aliphatic carbocycles. The molecule has 0 spiro atoms. The lowest BCUT2D eigenvalue weighted by Gasteiger charge is -2.09. The van der Waals surface area contributed by atoms with Gasteiger partial charge in [-0.2, -0.15) is 5.10 Å². The number of aromatic nitrogens is 4. The minimum Gasteiger partial charge on any atom is -0.316 e. The number of rotatable bonds is 7. The highest BCUT2D eigenvalue weighted by Gasteiger charge is 2.36. The summed E-state index contributed by atoms with van der Waals surface area (Å²) >= 11 is 0. The SMILES string of the molecule is CN(C)CCCn1nc(C2=C(c3cn(-c4ccncc4)c4ccccc34)C(=O)NC2=O)c2ccccc21. The quantitative estimate of drug-likeness (QED) is 0.350. The molecule has 4 heterocycles. The predicted molar refractivity (Wildman–Crippen MR) is 144 cm³/mol. The number of hydrogen-bond donors (Lipinski definition) is 1. The number of carbonyl (C=O) groups is 2. The van der Waals surface area contributed by atoms with E-state index in [2.05, 4.69) is 15.2 Å². The molecule has 3 aromatic heterocycles. The van der Waals surface area contributed by atoms with Crippen LogP contribution < -0.4 is 5.32 Å². The average molecular weight is 491 g/mol. The molecule has 1 N–H and O–H groups in total. The normalized spacial score (nSPS) is 13.9. The highest BCUT2D eigenvalue weighted by molar-refractivity contribution is 6.50. The van der Waals surface area contributed by atoms with Crippen molar-refractivity contribution in [1.29, 1.82) is 0 Å². The Morgan fingerprint density at radius 1 is 0.838 bits per heavy atom. The molecule has 0 saturated carbocycles. The Balaban J connectivity index is 1.57. The Hall–Kier alpha value is -4.56. The number of benzene rings is 2. The van der Waals surface area contributed by atoms with Gasteiger partial charge in [-0.1, -0.05) is 36.4 Å². The van der Waals surface area contributed by atoms with E-state index < -0.39 is 11.8 Å². The number of imide groups is 1. The zero-order valence-corrected chi connectivity index (χ0v) is 20.7. The summed E-state index contributed by atoms with van der Waals surface area (Å²) in [5.41, 5.74) is 4.66. The van der Waals surface area contributed by atoms with Gasteiger partial charge in [-0.05, 0) is 51.3 Å². The Kier molecular flexibility index (Phi) is 5.65. The minimum atomic E-state index is -0.426. The highest BCUT2D eigenvalue weighted by atomic mass is 16.2. The summed E-state index contributed by atoms with van der Waals surface area (Å²) in [6.07, 6.45) is 6.29. The molecular formula is C29H26N6O2. The van der Waals surface area contributed by atoms with Crippen LogP contribution in [0.2, 0.25) is 0 Å². The van der Waals surface area contributed by atoms with E-state index in [4.69, 9.17) is 5.10 Å². The first kappa shape index (κ1) is 22.9. The number of aryl methyl sites for hydroxylation is 1. The molecule has 2 amide bonds. The first-order valence-corrected chi connectivity index (χ1v) is 12.2. The van der Waals surface area contributed by atoms with Crippen molar-refractivity contribution in [2.24, 2.45) is 0 Å². The van der Waals surface area contributed by atoms with Gasteiger partial charge in [0.1, 0.15) is 5.69 Å². The van der Waals surface area contributed by atoms with Gasteiger partial charge >= 0.3 is 0 Å². The van der Waals surface area contributed by atoms with E-state index in [0.717, 1.165) is 40.5 Å². The Labute approximate surface area is 213 Å². The first-order chi connectivity index (χ1) is 18.0. The zero-order valence-electron chi connectivity index (χ0n) is 20.7. The lowest BCUT2D eigenvalue weighted by molar-refractivity contribution is -0.122. The number of nitrogens with one attached hydrogen (secondary N) is 1. The topological polar surface area (TPSA) is 85.1 Å². The monoisotopic (exact) mass is 490 g/mol. The van der Waals surface area contributed by atoms with Crippen LogP contribution in [0.3, 0.4) is 0 Å². The largest absolute Gasteiger partial charge is 0.316 e. The molecule has 37 heavy (non-hydrogen) atoms. The molecule has 8 heteroatoms. The molecule has 8 nitrogen and oxygen atoms in total. The van der Waals surface area contributed by atoms with Crippen molar-refractivity contribution in [2.45, 2.75) is 13.0 Å². The molecule has 0 radical (unpaired) electrons. The number of nitrogens with zero attached hydrogens (tertiary/aromatic N) is 5. The third kappa shape index (κ3) is 3.91. The molecule has 1 aliphatic heterocycles. The van der Waals surface area contributed by atoms with Crippen LogP contribution in [0.15, 0.2) is 79.3 Å². The lowest BCUT2D eigenvalue weighted by atomic mass is 9.97. The van der Waals surface area contributed by atoms with Gasteiger partial charge in [0.15, 0.2) is 0 Å². The molecule has 2 aromatic carbocycles.